The van der Waals surface area contributed by atoms with Gasteiger partial charge in [0.1, 0.15) is 5.82 Å². The molecule has 1 aliphatic carbocycles. The molecule has 2 N–H and O–H groups in total. The van der Waals surface area contributed by atoms with Crippen molar-refractivity contribution in [3.05, 3.63) is 93.9 Å². The van der Waals surface area contributed by atoms with Crippen molar-refractivity contribution in [1.29, 1.82) is 0 Å². The minimum absolute atomic E-state index is 0.0544. The topological polar surface area (TPSA) is 59.6 Å². The minimum atomic E-state index is -0.710. The number of carbonyl (C=O) groups excluding carboxylic acids is 1. The molecule has 5 rings (SSSR count). The first-order valence-corrected chi connectivity index (χ1v) is 12.0. The van der Waals surface area contributed by atoms with Gasteiger partial charge in [-0.1, -0.05) is 35.9 Å². The first kappa shape index (κ1) is 23.2. The van der Waals surface area contributed by atoms with Crippen LogP contribution in [-0.4, -0.2) is 19.5 Å². The third-order valence-corrected chi connectivity index (χ3v) is 6.89. The molecule has 1 aliphatic heterocycles. The van der Waals surface area contributed by atoms with Gasteiger partial charge in [0, 0.05) is 28.3 Å². The number of para-hydroxylation sites is 2. The van der Waals surface area contributed by atoms with Gasteiger partial charge in [0.15, 0.2) is 17.3 Å². The first-order valence-electron chi connectivity index (χ1n) is 11.6. The molecule has 2 atom stereocenters. The summed E-state index contributed by atoms with van der Waals surface area (Å²) in [6, 6.07) is 17.3. The monoisotopic (exact) mass is 492 g/mol. The number of nitrogens with one attached hydrogen (secondary N) is 2. The molecule has 2 aliphatic rings. The van der Waals surface area contributed by atoms with E-state index >= 15 is 4.39 Å². The van der Waals surface area contributed by atoms with E-state index in [-0.39, 0.29) is 28.7 Å². The fourth-order valence-corrected chi connectivity index (χ4v) is 5.22. The Morgan fingerprint density at radius 3 is 2.57 bits per heavy atom. The number of anilines is 2. The zero-order valence-electron chi connectivity index (χ0n) is 19.5. The molecule has 0 fully saturated rings. The number of ether oxygens (including phenoxy) is 2. The minimum Gasteiger partial charge on any atom is -0.493 e. The fourth-order valence-electron chi connectivity index (χ4n) is 4.94. The van der Waals surface area contributed by atoms with E-state index in [1.54, 1.807) is 19.2 Å². The predicted octanol–water partition coefficient (Wildman–Crippen LogP) is 6.87. The van der Waals surface area contributed by atoms with Crippen LogP contribution in [0.1, 0.15) is 42.9 Å². The maximum atomic E-state index is 15.1. The molecular formula is C28H26ClFN2O3. The van der Waals surface area contributed by atoms with Crippen LogP contribution >= 0.6 is 11.6 Å². The molecular weight excluding hydrogens is 467 g/mol. The van der Waals surface area contributed by atoms with Crippen LogP contribution in [-0.2, 0) is 4.79 Å². The highest BCUT2D eigenvalue weighted by molar-refractivity contribution is 6.31. The number of hydrogen-bond donors (Lipinski definition) is 2. The second kappa shape index (κ2) is 9.62. The summed E-state index contributed by atoms with van der Waals surface area (Å²) in [4.78, 5) is 13.7. The van der Waals surface area contributed by atoms with E-state index in [9.17, 15) is 4.79 Å². The summed E-state index contributed by atoms with van der Waals surface area (Å²) < 4.78 is 26.2. The number of rotatable bonds is 5. The van der Waals surface area contributed by atoms with Crippen molar-refractivity contribution in [3.63, 3.8) is 0 Å². The molecule has 0 bridgehead atoms. The normalized spacial score (nSPS) is 19.1. The fraction of sp³-hybridized carbons (Fsp3) is 0.250. The van der Waals surface area contributed by atoms with Crippen LogP contribution in [0.15, 0.2) is 71.9 Å². The number of benzene rings is 3. The van der Waals surface area contributed by atoms with Gasteiger partial charge in [0.2, 0.25) is 0 Å². The number of fused-ring (bicyclic) bond motifs is 1. The Balaban J connectivity index is 1.59. The van der Waals surface area contributed by atoms with E-state index in [1.807, 2.05) is 49.4 Å². The van der Waals surface area contributed by atoms with Crippen LogP contribution in [0.4, 0.5) is 15.8 Å². The molecule has 3 aromatic carbocycles. The molecule has 180 valence electrons. The Bertz CT molecular complexity index is 1300. The maximum Gasteiger partial charge on any atom is 0.163 e. The highest BCUT2D eigenvalue weighted by atomic mass is 35.5. The quantitative estimate of drug-likeness (QED) is 0.407. The lowest BCUT2D eigenvalue weighted by atomic mass is 9.78. The lowest BCUT2D eigenvalue weighted by Gasteiger charge is -2.30. The van der Waals surface area contributed by atoms with Crippen molar-refractivity contribution < 1.29 is 18.7 Å². The summed E-state index contributed by atoms with van der Waals surface area (Å²) in [5, 5.41) is 7.12. The van der Waals surface area contributed by atoms with Crippen LogP contribution in [0.5, 0.6) is 11.5 Å². The summed E-state index contributed by atoms with van der Waals surface area (Å²) in [6.07, 6.45) is 0.870. The smallest absolute Gasteiger partial charge is 0.163 e. The standard InChI is InChI=1S/C28H26ClFN2O3/c1-3-35-24-12-11-16(15-25(24)34-2)17-13-22-27(23(33)14-17)28(26-18(29)7-6-8-19(26)30)32-21-10-5-4-9-20(21)31-22/h4-12,15,17,28,31-32H,3,13-14H2,1-2H3/t17-,28-/m1/s1. The average Bonchev–Trinajstić information content (AvgIpc) is 3.01. The van der Waals surface area contributed by atoms with Crippen LogP contribution < -0.4 is 20.1 Å². The summed E-state index contributed by atoms with van der Waals surface area (Å²) in [5.74, 6) is 0.725. The van der Waals surface area contributed by atoms with Gasteiger partial charge in [0.25, 0.3) is 0 Å². The number of carbonyl (C=O) groups is 1. The molecule has 0 spiro atoms. The Kier molecular flexibility index (Phi) is 6.39. The lowest BCUT2D eigenvalue weighted by Crippen LogP contribution is -2.27. The van der Waals surface area contributed by atoms with E-state index in [0.29, 0.717) is 30.1 Å². The summed E-state index contributed by atoms with van der Waals surface area (Å²) in [6.45, 7) is 2.45. The van der Waals surface area contributed by atoms with Gasteiger partial charge < -0.3 is 20.1 Å². The molecule has 3 aromatic rings. The van der Waals surface area contributed by atoms with Crippen molar-refractivity contribution in [2.75, 3.05) is 24.4 Å². The van der Waals surface area contributed by atoms with E-state index in [4.69, 9.17) is 21.1 Å². The van der Waals surface area contributed by atoms with Gasteiger partial charge in [-0.2, -0.15) is 0 Å². The average molecular weight is 493 g/mol. The van der Waals surface area contributed by atoms with Crippen LogP contribution in [0.2, 0.25) is 5.02 Å². The molecule has 35 heavy (non-hydrogen) atoms. The first-order chi connectivity index (χ1) is 17.0. The van der Waals surface area contributed by atoms with E-state index in [1.165, 1.54) is 6.07 Å². The molecule has 0 saturated carbocycles. The zero-order valence-corrected chi connectivity index (χ0v) is 20.3. The predicted molar refractivity (Wildman–Crippen MR) is 136 cm³/mol. The second-order valence-electron chi connectivity index (χ2n) is 8.65. The summed E-state index contributed by atoms with van der Waals surface area (Å²) in [5.41, 5.74) is 4.14. The van der Waals surface area contributed by atoms with E-state index in [2.05, 4.69) is 10.6 Å². The number of allylic oxidation sites excluding steroid dienone is 1. The highest BCUT2D eigenvalue weighted by Gasteiger charge is 2.38. The lowest BCUT2D eigenvalue weighted by molar-refractivity contribution is -0.116. The SMILES string of the molecule is CCOc1ccc([C@H]2CC(=O)C3=C(C2)Nc2ccccc2N[C@@H]3c2c(F)cccc2Cl)cc1OC. The van der Waals surface area contributed by atoms with Crippen LogP contribution in [0.25, 0.3) is 0 Å². The van der Waals surface area contributed by atoms with Gasteiger partial charge in [-0.3, -0.25) is 4.79 Å². The molecule has 0 aromatic heterocycles. The largest absolute Gasteiger partial charge is 0.493 e. The number of ketones is 1. The Morgan fingerprint density at radius 2 is 1.83 bits per heavy atom. The van der Waals surface area contributed by atoms with Crippen LogP contribution in [0, 0.1) is 5.82 Å². The van der Waals surface area contributed by atoms with Crippen molar-refractivity contribution in [3.8, 4) is 11.5 Å². The van der Waals surface area contributed by atoms with Gasteiger partial charge in [0.05, 0.1) is 31.1 Å². The van der Waals surface area contributed by atoms with E-state index in [0.717, 1.165) is 22.6 Å². The van der Waals surface area contributed by atoms with Crippen molar-refractivity contribution in [1.82, 2.24) is 0 Å². The van der Waals surface area contributed by atoms with Crippen molar-refractivity contribution in [2.24, 2.45) is 0 Å². The van der Waals surface area contributed by atoms with Gasteiger partial charge >= 0.3 is 0 Å². The summed E-state index contributed by atoms with van der Waals surface area (Å²) in [7, 11) is 1.60. The number of methoxy groups -OCH3 is 1. The molecule has 0 radical (unpaired) electrons. The highest BCUT2D eigenvalue weighted by Crippen LogP contribution is 2.46. The molecule has 0 amide bonds. The molecule has 1 heterocycles. The third kappa shape index (κ3) is 4.34. The second-order valence-corrected chi connectivity index (χ2v) is 9.05. The Hall–Kier alpha value is -3.51. The van der Waals surface area contributed by atoms with Gasteiger partial charge in [-0.15, -0.1) is 0 Å². The van der Waals surface area contributed by atoms with E-state index < -0.39 is 11.9 Å². The number of hydrogen-bond acceptors (Lipinski definition) is 5. The molecule has 0 saturated heterocycles. The number of Topliss-reactive ketones (excluding diaryl/α,β-unsaturated/α-hetero) is 1. The van der Waals surface area contributed by atoms with Crippen LogP contribution in [0.3, 0.4) is 0 Å². The Labute approximate surface area is 208 Å². The summed E-state index contributed by atoms with van der Waals surface area (Å²) >= 11 is 6.46. The number of halogens is 2. The van der Waals surface area contributed by atoms with Crippen molar-refractivity contribution in [2.45, 2.75) is 31.7 Å². The van der Waals surface area contributed by atoms with Crippen molar-refractivity contribution >= 4 is 28.8 Å². The van der Waals surface area contributed by atoms with Gasteiger partial charge in [-0.05, 0) is 61.2 Å². The van der Waals surface area contributed by atoms with Gasteiger partial charge in [-0.25, -0.2) is 4.39 Å². The third-order valence-electron chi connectivity index (χ3n) is 6.56. The Morgan fingerprint density at radius 1 is 1.03 bits per heavy atom. The zero-order chi connectivity index (χ0) is 24.5. The maximum absolute atomic E-state index is 15.1. The molecule has 0 unspecified atom stereocenters. The molecule has 5 nitrogen and oxygen atoms in total. The molecule has 7 heteroatoms.